The quantitative estimate of drug-likeness (QED) is 0.498. The maximum Gasteiger partial charge on any atom is 0.274 e. The molecule has 4 aromatic rings. The van der Waals surface area contributed by atoms with Crippen molar-refractivity contribution in [1.82, 2.24) is 14.5 Å². The molecule has 2 aromatic heterocycles. The van der Waals surface area contributed by atoms with Crippen molar-refractivity contribution in [3.8, 4) is 0 Å². The minimum absolute atomic E-state index is 0.0301. The Kier molecular flexibility index (Phi) is 5.17. The number of piperidine rings is 1. The van der Waals surface area contributed by atoms with Crippen LogP contribution in [0.2, 0.25) is 0 Å². The first-order chi connectivity index (χ1) is 17.1. The summed E-state index contributed by atoms with van der Waals surface area (Å²) in [6.45, 7) is 1.72. The second-order valence-corrected chi connectivity index (χ2v) is 9.35. The predicted octanol–water partition coefficient (Wildman–Crippen LogP) is 3.91. The van der Waals surface area contributed by atoms with Crippen LogP contribution >= 0.6 is 0 Å². The third kappa shape index (κ3) is 3.89. The Labute approximate surface area is 202 Å². The number of likely N-dealkylation sites (tertiary alicyclic amines) is 1. The van der Waals surface area contributed by atoms with E-state index in [0.29, 0.717) is 30.8 Å². The molecule has 2 amide bonds. The van der Waals surface area contributed by atoms with E-state index in [9.17, 15) is 14.4 Å². The highest BCUT2D eigenvalue weighted by Gasteiger charge is 2.37. The molecule has 1 fully saturated rings. The third-order valence-corrected chi connectivity index (χ3v) is 7.08. The van der Waals surface area contributed by atoms with Crippen LogP contribution in [0.15, 0.2) is 83.9 Å². The van der Waals surface area contributed by atoms with Crippen molar-refractivity contribution in [2.75, 3.05) is 18.4 Å². The number of carbonyl (C=O) groups excluding carboxylic acids is 2. The fourth-order valence-electron chi connectivity index (χ4n) is 5.41. The lowest BCUT2D eigenvalue weighted by atomic mass is 9.83. The van der Waals surface area contributed by atoms with Crippen LogP contribution in [0.4, 0.5) is 5.69 Å². The van der Waals surface area contributed by atoms with E-state index in [0.717, 1.165) is 22.9 Å². The molecule has 2 atom stereocenters. The molecule has 2 bridgehead atoms. The Bertz CT molecular complexity index is 1510. The Morgan fingerprint density at radius 2 is 1.66 bits per heavy atom. The van der Waals surface area contributed by atoms with Gasteiger partial charge in [0.15, 0.2) is 0 Å². The van der Waals surface area contributed by atoms with E-state index in [1.54, 1.807) is 35.2 Å². The lowest BCUT2D eigenvalue weighted by molar-refractivity contribution is 0.0594. The topological polar surface area (TPSA) is 84.3 Å². The van der Waals surface area contributed by atoms with E-state index in [4.69, 9.17) is 0 Å². The number of nitrogens with zero attached hydrogens (tertiary/aromatic N) is 3. The monoisotopic (exact) mass is 464 g/mol. The molecule has 0 saturated carbocycles. The zero-order valence-corrected chi connectivity index (χ0v) is 19.1. The van der Waals surface area contributed by atoms with Crippen molar-refractivity contribution in [3.63, 3.8) is 0 Å². The second-order valence-electron chi connectivity index (χ2n) is 9.35. The average molecular weight is 465 g/mol. The van der Waals surface area contributed by atoms with E-state index in [2.05, 4.69) is 10.3 Å². The molecular formula is C28H24N4O3. The van der Waals surface area contributed by atoms with Gasteiger partial charge in [0.2, 0.25) is 0 Å². The number of anilines is 1. The first-order valence-corrected chi connectivity index (χ1v) is 11.8. The van der Waals surface area contributed by atoms with Crippen LogP contribution in [0, 0.1) is 5.92 Å². The molecule has 2 unspecified atom stereocenters. The molecule has 4 heterocycles. The Hall–Kier alpha value is -4.26. The standard InChI is InChI=1S/C28H24N4O3/c33-26(20-9-11-29-12-10-20)30-24-7-8-25-23-13-18(16-32(25)28(24)35)15-31(17-23)27(34)22-6-5-19-3-1-2-4-21(19)14-22/h1-12,14,18,23H,13,15-17H2,(H,30,33). The molecule has 174 valence electrons. The van der Waals surface area contributed by atoms with Crippen LogP contribution in [-0.4, -0.2) is 39.4 Å². The molecule has 0 radical (unpaired) electrons. The number of amides is 2. The van der Waals surface area contributed by atoms with Crippen LogP contribution in [0.3, 0.4) is 0 Å². The van der Waals surface area contributed by atoms with Crippen molar-refractivity contribution < 1.29 is 9.59 Å². The minimum Gasteiger partial charge on any atom is -0.338 e. The number of aromatic nitrogens is 2. The van der Waals surface area contributed by atoms with Crippen molar-refractivity contribution in [2.45, 2.75) is 18.9 Å². The Morgan fingerprint density at radius 1 is 0.857 bits per heavy atom. The maximum absolute atomic E-state index is 13.4. The van der Waals surface area contributed by atoms with Gasteiger partial charge >= 0.3 is 0 Å². The van der Waals surface area contributed by atoms with Gasteiger partial charge in [-0.1, -0.05) is 30.3 Å². The first kappa shape index (κ1) is 21.3. The number of rotatable bonds is 3. The van der Waals surface area contributed by atoms with Gasteiger partial charge in [-0.3, -0.25) is 19.4 Å². The van der Waals surface area contributed by atoms with E-state index in [1.807, 2.05) is 53.4 Å². The van der Waals surface area contributed by atoms with Crippen LogP contribution in [0.5, 0.6) is 0 Å². The van der Waals surface area contributed by atoms with Crippen molar-refractivity contribution in [1.29, 1.82) is 0 Å². The largest absolute Gasteiger partial charge is 0.338 e. The number of hydrogen-bond acceptors (Lipinski definition) is 4. The number of hydrogen-bond donors (Lipinski definition) is 1. The SMILES string of the molecule is O=C(Nc1ccc2n(c1=O)CC1CC2CN(C(=O)c2ccc3ccccc3c2)C1)c1ccncc1. The van der Waals surface area contributed by atoms with Gasteiger partial charge < -0.3 is 14.8 Å². The summed E-state index contributed by atoms with van der Waals surface area (Å²) in [7, 11) is 0. The number of benzene rings is 2. The fourth-order valence-corrected chi connectivity index (χ4v) is 5.41. The van der Waals surface area contributed by atoms with Crippen molar-refractivity contribution in [3.05, 3.63) is 106 Å². The van der Waals surface area contributed by atoms with Crippen LogP contribution in [-0.2, 0) is 6.54 Å². The van der Waals surface area contributed by atoms with Gasteiger partial charge in [0, 0.05) is 54.8 Å². The smallest absolute Gasteiger partial charge is 0.274 e. The third-order valence-electron chi connectivity index (χ3n) is 7.08. The molecule has 2 aliphatic heterocycles. The number of carbonyl (C=O) groups is 2. The van der Waals surface area contributed by atoms with Crippen molar-refractivity contribution >= 4 is 28.3 Å². The fraction of sp³-hybridized carbons (Fsp3) is 0.214. The molecule has 0 aliphatic carbocycles. The van der Waals surface area contributed by atoms with E-state index < -0.39 is 0 Å². The molecule has 1 N–H and O–H groups in total. The summed E-state index contributed by atoms with van der Waals surface area (Å²) >= 11 is 0. The van der Waals surface area contributed by atoms with Gasteiger partial charge in [0.1, 0.15) is 5.69 Å². The van der Waals surface area contributed by atoms with E-state index >= 15 is 0 Å². The molecule has 35 heavy (non-hydrogen) atoms. The Morgan fingerprint density at radius 3 is 2.49 bits per heavy atom. The molecule has 2 aromatic carbocycles. The van der Waals surface area contributed by atoms with Gasteiger partial charge in [-0.15, -0.1) is 0 Å². The lowest BCUT2D eigenvalue weighted by Gasteiger charge is -2.43. The normalized spacial score (nSPS) is 18.7. The molecule has 7 nitrogen and oxygen atoms in total. The van der Waals surface area contributed by atoms with Gasteiger partial charge in [-0.2, -0.15) is 0 Å². The molecule has 1 saturated heterocycles. The molecule has 0 spiro atoms. The zero-order chi connectivity index (χ0) is 23.9. The molecule has 6 rings (SSSR count). The number of nitrogens with one attached hydrogen (secondary N) is 1. The number of pyridine rings is 2. The predicted molar refractivity (Wildman–Crippen MR) is 134 cm³/mol. The van der Waals surface area contributed by atoms with Crippen molar-refractivity contribution in [2.24, 2.45) is 5.92 Å². The highest BCUT2D eigenvalue weighted by atomic mass is 16.2. The maximum atomic E-state index is 13.4. The van der Waals surface area contributed by atoms with Gasteiger partial charge in [-0.25, -0.2) is 0 Å². The average Bonchev–Trinajstić information content (AvgIpc) is 2.90. The van der Waals surface area contributed by atoms with Crippen LogP contribution < -0.4 is 10.9 Å². The van der Waals surface area contributed by atoms with Gasteiger partial charge in [-0.05, 0) is 59.5 Å². The molecule has 2 aliphatic rings. The Balaban J connectivity index is 1.24. The van der Waals surface area contributed by atoms with E-state index in [-0.39, 0.29) is 34.9 Å². The van der Waals surface area contributed by atoms with Gasteiger partial charge in [0.25, 0.3) is 17.4 Å². The zero-order valence-electron chi connectivity index (χ0n) is 19.1. The summed E-state index contributed by atoms with van der Waals surface area (Å²) in [6.07, 6.45) is 4.03. The summed E-state index contributed by atoms with van der Waals surface area (Å²) in [5.74, 6) is -0.0326. The second kappa shape index (κ2) is 8.51. The summed E-state index contributed by atoms with van der Waals surface area (Å²) < 4.78 is 1.78. The number of fused-ring (bicyclic) bond motifs is 5. The highest BCUT2D eigenvalue weighted by molar-refractivity contribution is 6.04. The molecule has 7 heteroatoms. The molecular weight excluding hydrogens is 440 g/mol. The summed E-state index contributed by atoms with van der Waals surface area (Å²) in [4.78, 5) is 45.0. The van der Waals surface area contributed by atoms with Crippen LogP contribution in [0.25, 0.3) is 10.8 Å². The summed E-state index contributed by atoms with van der Waals surface area (Å²) in [5.41, 5.74) is 2.12. The first-order valence-electron chi connectivity index (χ1n) is 11.8. The summed E-state index contributed by atoms with van der Waals surface area (Å²) in [5, 5.41) is 4.90. The minimum atomic E-state index is -0.340. The highest BCUT2D eigenvalue weighted by Crippen LogP contribution is 2.36. The van der Waals surface area contributed by atoms with E-state index in [1.165, 1.54) is 0 Å². The summed E-state index contributed by atoms with van der Waals surface area (Å²) in [6, 6.07) is 20.7. The van der Waals surface area contributed by atoms with Gasteiger partial charge in [0.05, 0.1) is 0 Å². The van der Waals surface area contributed by atoms with Crippen LogP contribution in [0.1, 0.15) is 38.7 Å². The lowest BCUT2D eigenvalue weighted by Crippen LogP contribution is -2.49.